The smallest absolute Gasteiger partial charge is 0.191 e. The lowest BCUT2D eigenvalue weighted by Crippen LogP contribution is -2.42. The van der Waals surface area contributed by atoms with Crippen molar-refractivity contribution >= 4 is 29.9 Å². The second-order valence-corrected chi connectivity index (χ2v) is 7.34. The van der Waals surface area contributed by atoms with Crippen LogP contribution in [0.2, 0.25) is 0 Å². The molecule has 0 saturated carbocycles. The number of benzene rings is 1. The van der Waals surface area contributed by atoms with Gasteiger partial charge in [0, 0.05) is 44.4 Å². The minimum absolute atomic E-state index is 0. The van der Waals surface area contributed by atoms with E-state index in [0.717, 1.165) is 25.6 Å². The first kappa shape index (κ1) is 24.4. The van der Waals surface area contributed by atoms with E-state index in [2.05, 4.69) is 86.0 Å². The number of halogens is 1. The molecule has 0 spiro atoms. The monoisotopic (exact) mass is 498 g/mol. The highest BCUT2D eigenvalue weighted by atomic mass is 127. The van der Waals surface area contributed by atoms with Crippen LogP contribution >= 0.6 is 24.0 Å². The zero-order valence-electron chi connectivity index (χ0n) is 17.9. The quantitative estimate of drug-likeness (QED) is 0.333. The third-order valence-corrected chi connectivity index (χ3v) is 4.71. The Kier molecular flexibility index (Phi) is 10.5. The summed E-state index contributed by atoms with van der Waals surface area (Å²) >= 11 is 0. The van der Waals surface area contributed by atoms with E-state index in [4.69, 9.17) is 4.99 Å². The lowest BCUT2D eigenvalue weighted by molar-refractivity contribution is 0.298. The molecule has 1 aromatic carbocycles. The van der Waals surface area contributed by atoms with Gasteiger partial charge in [-0.25, -0.2) is 0 Å². The van der Waals surface area contributed by atoms with Gasteiger partial charge in [-0.05, 0) is 33.5 Å². The Bertz CT molecular complexity index is 723. The molecule has 2 N–H and O–H groups in total. The standard InChI is InChI=1S/C21H34N6.HI/c1-7-22-21(23-12-17(3)18-10-8-16(2)9-11-18)24-14-20(26(4)5)19-13-25-27(6)15-19;/h8-11,13,15,17,20H,7,12,14H2,1-6H3,(H2,22,23,24);1H. The van der Waals surface area contributed by atoms with E-state index in [1.54, 1.807) is 0 Å². The molecule has 2 unspecified atom stereocenters. The first-order valence-corrected chi connectivity index (χ1v) is 9.64. The van der Waals surface area contributed by atoms with Crippen molar-refractivity contribution in [3.05, 3.63) is 53.3 Å². The molecule has 28 heavy (non-hydrogen) atoms. The molecule has 6 nitrogen and oxygen atoms in total. The molecule has 0 aliphatic heterocycles. The number of aromatic nitrogens is 2. The van der Waals surface area contributed by atoms with Gasteiger partial charge in [-0.2, -0.15) is 5.10 Å². The van der Waals surface area contributed by atoms with Gasteiger partial charge >= 0.3 is 0 Å². The molecule has 0 radical (unpaired) electrons. The summed E-state index contributed by atoms with van der Waals surface area (Å²) in [6, 6.07) is 8.95. The number of aliphatic imine (C=N–C) groups is 1. The Morgan fingerprint density at radius 3 is 2.39 bits per heavy atom. The van der Waals surface area contributed by atoms with Gasteiger partial charge in [-0.15, -0.1) is 24.0 Å². The fourth-order valence-corrected chi connectivity index (χ4v) is 2.97. The minimum Gasteiger partial charge on any atom is -0.357 e. The maximum absolute atomic E-state index is 4.80. The maximum Gasteiger partial charge on any atom is 0.191 e. The maximum atomic E-state index is 4.80. The summed E-state index contributed by atoms with van der Waals surface area (Å²) in [5.74, 6) is 1.23. The molecule has 2 aromatic rings. The Balaban J connectivity index is 0.00000392. The average molecular weight is 498 g/mol. The molecule has 0 aliphatic carbocycles. The molecule has 1 heterocycles. The van der Waals surface area contributed by atoms with Gasteiger partial charge in [0.05, 0.1) is 12.2 Å². The SMILES string of the molecule is CCNC(=NCC(C)c1ccc(C)cc1)NCC(c1cnn(C)c1)N(C)C.I. The number of guanidine groups is 1. The normalized spacial score (nSPS) is 13.8. The van der Waals surface area contributed by atoms with E-state index in [1.165, 1.54) is 16.7 Å². The largest absolute Gasteiger partial charge is 0.357 e. The van der Waals surface area contributed by atoms with Gasteiger partial charge in [-0.3, -0.25) is 9.67 Å². The highest BCUT2D eigenvalue weighted by Crippen LogP contribution is 2.17. The molecule has 7 heteroatoms. The van der Waals surface area contributed by atoms with Crippen molar-refractivity contribution in [2.75, 3.05) is 33.7 Å². The Morgan fingerprint density at radius 2 is 1.86 bits per heavy atom. The molecule has 2 rings (SSSR count). The van der Waals surface area contributed by atoms with Crippen molar-refractivity contribution in [1.29, 1.82) is 0 Å². The molecular formula is C21H35IN6. The average Bonchev–Trinajstić information content (AvgIpc) is 3.05. The third-order valence-electron chi connectivity index (χ3n) is 4.71. The van der Waals surface area contributed by atoms with Crippen LogP contribution in [0.1, 0.15) is 42.5 Å². The van der Waals surface area contributed by atoms with Crippen LogP contribution in [0.5, 0.6) is 0 Å². The Hall–Kier alpha value is -1.61. The van der Waals surface area contributed by atoms with Crippen LogP contribution in [0.25, 0.3) is 0 Å². The molecule has 156 valence electrons. The van der Waals surface area contributed by atoms with Crippen LogP contribution in [-0.4, -0.2) is 54.4 Å². The molecule has 0 saturated heterocycles. The first-order chi connectivity index (χ1) is 12.9. The van der Waals surface area contributed by atoms with E-state index in [9.17, 15) is 0 Å². The zero-order chi connectivity index (χ0) is 19.8. The van der Waals surface area contributed by atoms with E-state index in [1.807, 2.05) is 17.9 Å². The van der Waals surface area contributed by atoms with Crippen LogP contribution in [0.4, 0.5) is 0 Å². The third kappa shape index (κ3) is 7.43. The predicted molar refractivity (Wildman–Crippen MR) is 129 cm³/mol. The Morgan fingerprint density at radius 1 is 1.18 bits per heavy atom. The highest BCUT2D eigenvalue weighted by molar-refractivity contribution is 14.0. The van der Waals surface area contributed by atoms with Crippen molar-refractivity contribution in [2.24, 2.45) is 12.0 Å². The van der Waals surface area contributed by atoms with E-state index in [0.29, 0.717) is 5.92 Å². The number of aryl methyl sites for hydroxylation is 2. The summed E-state index contributed by atoms with van der Waals surface area (Å²) in [5, 5.41) is 11.1. The summed E-state index contributed by atoms with van der Waals surface area (Å²) in [7, 11) is 6.12. The van der Waals surface area contributed by atoms with Crippen LogP contribution < -0.4 is 10.6 Å². The first-order valence-electron chi connectivity index (χ1n) is 9.64. The van der Waals surface area contributed by atoms with E-state index in [-0.39, 0.29) is 30.0 Å². The van der Waals surface area contributed by atoms with Gasteiger partial charge in [0.2, 0.25) is 0 Å². The number of rotatable bonds is 8. The highest BCUT2D eigenvalue weighted by Gasteiger charge is 2.16. The van der Waals surface area contributed by atoms with Crippen molar-refractivity contribution in [3.63, 3.8) is 0 Å². The molecule has 0 amide bonds. The van der Waals surface area contributed by atoms with Crippen molar-refractivity contribution in [2.45, 2.75) is 32.7 Å². The lowest BCUT2D eigenvalue weighted by atomic mass is 10.0. The number of hydrogen-bond acceptors (Lipinski definition) is 3. The second kappa shape index (κ2) is 12.1. The fraction of sp³-hybridized carbons (Fsp3) is 0.524. The molecule has 1 aromatic heterocycles. The van der Waals surface area contributed by atoms with E-state index >= 15 is 0 Å². The number of nitrogens with zero attached hydrogens (tertiary/aromatic N) is 4. The number of likely N-dealkylation sites (N-methyl/N-ethyl adjacent to an activating group) is 1. The van der Waals surface area contributed by atoms with Crippen molar-refractivity contribution < 1.29 is 0 Å². The van der Waals surface area contributed by atoms with Crippen LogP contribution in [0, 0.1) is 6.92 Å². The molecule has 0 fully saturated rings. The van der Waals surface area contributed by atoms with Crippen LogP contribution in [0.15, 0.2) is 41.7 Å². The predicted octanol–water partition coefficient (Wildman–Crippen LogP) is 3.31. The van der Waals surface area contributed by atoms with Crippen LogP contribution in [-0.2, 0) is 7.05 Å². The van der Waals surface area contributed by atoms with Crippen LogP contribution in [0.3, 0.4) is 0 Å². The number of hydrogen-bond donors (Lipinski definition) is 2. The van der Waals surface area contributed by atoms with Gasteiger partial charge in [0.15, 0.2) is 5.96 Å². The lowest BCUT2D eigenvalue weighted by Gasteiger charge is -2.24. The van der Waals surface area contributed by atoms with Gasteiger partial charge in [0.1, 0.15) is 0 Å². The van der Waals surface area contributed by atoms with Gasteiger partial charge < -0.3 is 15.5 Å². The summed E-state index contributed by atoms with van der Waals surface area (Å²) in [6.45, 7) is 8.77. The minimum atomic E-state index is 0. The summed E-state index contributed by atoms with van der Waals surface area (Å²) in [4.78, 5) is 6.99. The molecule has 0 aliphatic rings. The summed E-state index contributed by atoms with van der Waals surface area (Å²) in [6.07, 6.45) is 3.99. The Labute approximate surface area is 186 Å². The topological polar surface area (TPSA) is 57.5 Å². The molecule has 0 bridgehead atoms. The van der Waals surface area contributed by atoms with E-state index < -0.39 is 0 Å². The second-order valence-electron chi connectivity index (χ2n) is 7.34. The summed E-state index contributed by atoms with van der Waals surface area (Å²) < 4.78 is 1.84. The molecular weight excluding hydrogens is 463 g/mol. The number of nitrogens with one attached hydrogen (secondary N) is 2. The van der Waals surface area contributed by atoms with Gasteiger partial charge in [-0.1, -0.05) is 36.8 Å². The molecule has 2 atom stereocenters. The zero-order valence-corrected chi connectivity index (χ0v) is 20.3. The fourth-order valence-electron chi connectivity index (χ4n) is 2.97. The van der Waals surface area contributed by atoms with Gasteiger partial charge in [0.25, 0.3) is 0 Å². The van der Waals surface area contributed by atoms with Crippen molar-refractivity contribution in [1.82, 2.24) is 25.3 Å². The van der Waals surface area contributed by atoms with Crippen molar-refractivity contribution in [3.8, 4) is 0 Å². The summed E-state index contributed by atoms with van der Waals surface area (Å²) in [5.41, 5.74) is 3.80.